The molecule has 0 saturated carbocycles. The minimum Gasteiger partial charge on any atom is -0.398 e. The van der Waals surface area contributed by atoms with Crippen LogP contribution in [0.15, 0.2) is 23.1 Å². The van der Waals surface area contributed by atoms with Gasteiger partial charge in [-0.3, -0.25) is 4.79 Å². The van der Waals surface area contributed by atoms with E-state index in [-0.39, 0.29) is 16.1 Å². The van der Waals surface area contributed by atoms with Crippen LogP contribution in [0, 0.1) is 11.3 Å². The standard InChI is InChI=1S/C11H14N4O3S/c1-11(2,10(14)16)15-19(17,18)9-4-3-7(6-12)5-8(9)13/h3-5,15H,13H2,1-2H3,(H2,14,16). The van der Waals surface area contributed by atoms with Crippen molar-refractivity contribution in [1.29, 1.82) is 5.26 Å². The number of benzene rings is 1. The van der Waals surface area contributed by atoms with Crippen LogP contribution in [0.5, 0.6) is 0 Å². The second-order valence-electron chi connectivity index (χ2n) is 4.46. The third kappa shape index (κ3) is 3.21. The van der Waals surface area contributed by atoms with Crippen LogP contribution >= 0.6 is 0 Å². The largest absolute Gasteiger partial charge is 0.398 e. The zero-order valence-electron chi connectivity index (χ0n) is 10.5. The smallest absolute Gasteiger partial charge is 0.243 e. The van der Waals surface area contributed by atoms with E-state index in [9.17, 15) is 13.2 Å². The lowest BCUT2D eigenvalue weighted by Gasteiger charge is -2.22. The van der Waals surface area contributed by atoms with E-state index in [0.717, 1.165) is 0 Å². The highest BCUT2D eigenvalue weighted by Gasteiger charge is 2.32. The van der Waals surface area contributed by atoms with Crippen molar-refractivity contribution >= 4 is 21.6 Å². The van der Waals surface area contributed by atoms with Gasteiger partial charge in [0.25, 0.3) is 0 Å². The Morgan fingerprint density at radius 3 is 2.42 bits per heavy atom. The zero-order chi connectivity index (χ0) is 14.8. The van der Waals surface area contributed by atoms with Crippen LogP contribution in [0.2, 0.25) is 0 Å². The highest BCUT2D eigenvalue weighted by Crippen LogP contribution is 2.21. The average molecular weight is 282 g/mol. The Bertz CT molecular complexity index is 659. The Hall–Kier alpha value is -2.11. The molecule has 1 amide bonds. The molecule has 1 aromatic rings. The molecule has 19 heavy (non-hydrogen) atoms. The number of nitrogens with one attached hydrogen (secondary N) is 1. The number of nitrogen functional groups attached to an aromatic ring is 1. The summed E-state index contributed by atoms with van der Waals surface area (Å²) in [5.41, 5.74) is 9.41. The molecule has 8 heteroatoms. The van der Waals surface area contributed by atoms with Crippen molar-refractivity contribution in [2.24, 2.45) is 5.73 Å². The van der Waals surface area contributed by atoms with Gasteiger partial charge in [0.1, 0.15) is 10.4 Å². The van der Waals surface area contributed by atoms with Crippen molar-refractivity contribution in [2.75, 3.05) is 5.73 Å². The summed E-state index contributed by atoms with van der Waals surface area (Å²) in [6.07, 6.45) is 0. The van der Waals surface area contributed by atoms with Crippen LogP contribution in [0.1, 0.15) is 19.4 Å². The molecule has 0 radical (unpaired) electrons. The minimum absolute atomic E-state index is 0.0770. The maximum atomic E-state index is 12.1. The van der Waals surface area contributed by atoms with Crippen LogP contribution in [0.25, 0.3) is 0 Å². The molecular formula is C11H14N4O3S. The first-order valence-corrected chi connectivity index (χ1v) is 6.72. The first-order chi connectivity index (χ1) is 8.60. The molecule has 0 aliphatic carbocycles. The van der Waals surface area contributed by atoms with Gasteiger partial charge in [-0.05, 0) is 32.0 Å². The summed E-state index contributed by atoms with van der Waals surface area (Å²) in [5, 5.41) is 8.68. The molecule has 0 bridgehead atoms. The Kier molecular flexibility index (Phi) is 3.83. The second kappa shape index (κ2) is 4.87. The van der Waals surface area contributed by atoms with Crippen molar-refractivity contribution in [2.45, 2.75) is 24.3 Å². The summed E-state index contributed by atoms with van der Waals surface area (Å²) in [5.74, 6) is -0.816. The fourth-order valence-corrected chi connectivity index (χ4v) is 2.80. The van der Waals surface area contributed by atoms with Crippen LogP contribution in [-0.4, -0.2) is 19.9 Å². The Morgan fingerprint density at radius 1 is 1.42 bits per heavy atom. The lowest BCUT2D eigenvalue weighted by atomic mass is 10.1. The number of carbonyl (C=O) groups excluding carboxylic acids is 1. The van der Waals surface area contributed by atoms with Crippen molar-refractivity contribution in [3.8, 4) is 6.07 Å². The number of nitrogens with zero attached hydrogens (tertiary/aromatic N) is 1. The summed E-state index contributed by atoms with van der Waals surface area (Å²) in [7, 11) is -4.00. The SMILES string of the molecule is CC(C)(NS(=O)(=O)c1ccc(C#N)cc1N)C(N)=O. The highest BCUT2D eigenvalue weighted by atomic mass is 32.2. The topological polar surface area (TPSA) is 139 Å². The molecular weight excluding hydrogens is 268 g/mol. The van der Waals surface area contributed by atoms with Crippen LogP contribution in [0.4, 0.5) is 5.69 Å². The second-order valence-corrected chi connectivity index (χ2v) is 6.11. The summed E-state index contributed by atoms with van der Waals surface area (Å²) in [6, 6.07) is 5.61. The number of nitriles is 1. The fourth-order valence-electron chi connectivity index (χ4n) is 1.30. The van der Waals surface area contributed by atoms with Gasteiger partial charge < -0.3 is 11.5 Å². The number of anilines is 1. The average Bonchev–Trinajstić information content (AvgIpc) is 2.26. The molecule has 0 spiro atoms. The summed E-state index contributed by atoms with van der Waals surface area (Å²) < 4.78 is 26.3. The van der Waals surface area contributed by atoms with Crippen molar-refractivity contribution < 1.29 is 13.2 Å². The van der Waals surface area contributed by atoms with E-state index < -0.39 is 21.5 Å². The molecule has 0 unspecified atom stereocenters. The number of rotatable bonds is 4. The minimum atomic E-state index is -4.00. The van der Waals surface area contributed by atoms with Crippen molar-refractivity contribution in [1.82, 2.24) is 4.72 Å². The highest BCUT2D eigenvalue weighted by molar-refractivity contribution is 7.89. The van der Waals surface area contributed by atoms with Gasteiger partial charge in [-0.15, -0.1) is 0 Å². The van der Waals surface area contributed by atoms with Crippen LogP contribution < -0.4 is 16.2 Å². The first-order valence-electron chi connectivity index (χ1n) is 5.23. The first kappa shape index (κ1) is 14.9. The molecule has 0 aliphatic heterocycles. The molecule has 5 N–H and O–H groups in total. The molecule has 0 saturated heterocycles. The lowest BCUT2D eigenvalue weighted by molar-refractivity contribution is -0.122. The molecule has 0 fully saturated rings. The van der Waals surface area contributed by atoms with Gasteiger partial charge in [-0.2, -0.15) is 9.98 Å². The van der Waals surface area contributed by atoms with E-state index in [0.29, 0.717) is 0 Å². The molecule has 0 aliphatic rings. The summed E-state index contributed by atoms with van der Waals surface area (Å²) >= 11 is 0. The van der Waals surface area contributed by atoms with Gasteiger partial charge in [0.2, 0.25) is 15.9 Å². The number of sulfonamides is 1. The van der Waals surface area contributed by atoms with Gasteiger partial charge >= 0.3 is 0 Å². The predicted molar refractivity (Wildman–Crippen MR) is 69.2 cm³/mol. The van der Waals surface area contributed by atoms with Gasteiger partial charge in [0.05, 0.1) is 17.3 Å². The maximum Gasteiger partial charge on any atom is 0.243 e. The van der Waals surface area contributed by atoms with E-state index in [2.05, 4.69) is 4.72 Å². The van der Waals surface area contributed by atoms with Gasteiger partial charge in [-0.1, -0.05) is 0 Å². The Morgan fingerprint density at radius 2 is 2.00 bits per heavy atom. The van der Waals surface area contributed by atoms with E-state index in [4.69, 9.17) is 16.7 Å². The van der Waals surface area contributed by atoms with Crippen LogP contribution in [-0.2, 0) is 14.8 Å². The van der Waals surface area contributed by atoms with Gasteiger partial charge in [0.15, 0.2) is 0 Å². The number of nitrogens with two attached hydrogens (primary N) is 2. The van der Waals surface area contributed by atoms with Crippen molar-refractivity contribution in [3.63, 3.8) is 0 Å². The number of carbonyl (C=O) groups is 1. The third-order valence-corrected chi connectivity index (χ3v) is 4.16. The van der Waals surface area contributed by atoms with Gasteiger partial charge in [0, 0.05) is 0 Å². The molecule has 102 valence electrons. The van der Waals surface area contributed by atoms with E-state index in [1.54, 1.807) is 0 Å². The zero-order valence-corrected chi connectivity index (χ0v) is 11.3. The quantitative estimate of drug-likeness (QED) is 0.649. The summed E-state index contributed by atoms with van der Waals surface area (Å²) in [6.45, 7) is 2.68. The normalized spacial score (nSPS) is 11.8. The van der Waals surface area contributed by atoms with E-state index in [1.165, 1.54) is 32.0 Å². The van der Waals surface area contributed by atoms with E-state index >= 15 is 0 Å². The predicted octanol–water partition coefficient (Wildman–Crippen LogP) is -0.317. The molecule has 1 rings (SSSR count). The number of amides is 1. The Balaban J connectivity index is 3.23. The molecule has 0 aromatic heterocycles. The maximum absolute atomic E-state index is 12.1. The fraction of sp³-hybridized carbons (Fsp3) is 0.273. The van der Waals surface area contributed by atoms with Gasteiger partial charge in [-0.25, -0.2) is 8.42 Å². The molecule has 7 nitrogen and oxygen atoms in total. The molecule has 0 heterocycles. The summed E-state index contributed by atoms with van der Waals surface area (Å²) in [4.78, 5) is 10.9. The molecule has 1 aromatic carbocycles. The Labute approximate surface area is 111 Å². The van der Waals surface area contributed by atoms with Crippen molar-refractivity contribution in [3.05, 3.63) is 23.8 Å². The lowest BCUT2D eigenvalue weighted by Crippen LogP contribution is -2.52. The molecule has 0 atom stereocenters. The number of hydrogen-bond acceptors (Lipinski definition) is 5. The monoisotopic (exact) mass is 282 g/mol. The number of primary amides is 1. The van der Waals surface area contributed by atoms with Crippen LogP contribution in [0.3, 0.4) is 0 Å². The van der Waals surface area contributed by atoms with E-state index in [1.807, 2.05) is 6.07 Å². The number of hydrogen-bond donors (Lipinski definition) is 3. The third-order valence-electron chi connectivity index (χ3n) is 2.43.